The highest BCUT2D eigenvalue weighted by molar-refractivity contribution is 5.85. The third-order valence-electron chi connectivity index (χ3n) is 3.70. The summed E-state index contributed by atoms with van der Waals surface area (Å²) >= 11 is 0. The fraction of sp³-hybridized carbons (Fsp3) is 0.167. The van der Waals surface area contributed by atoms with Crippen LogP contribution in [0.25, 0.3) is 22.9 Å². The van der Waals surface area contributed by atoms with Crippen LogP contribution in [-0.2, 0) is 6.54 Å². The summed E-state index contributed by atoms with van der Waals surface area (Å²) in [6.07, 6.45) is 4.09. The number of aliphatic hydroxyl groups excluding tert-OH is 1. The first-order valence-electron chi connectivity index (χ1n) is 7.59. The second-order valence-corrected chi connectivity index (χ2v) is 5.63. The van der Waals surface area contributed by atoms with Gasteiger partial charge in [-0.2, -0.15) is 0 Å². The summed E-state index contributed by atoms with van der Waals surface area (Å²) in [5.41, 5.74) is 0.975. The van der Waals surface area contributed by atoms with E-state index in [0.29, 0.717) is 5.82 Å². The number of rotatable bonds is 5. The molecule has 0 bridgehead atoms. The standard InChI is InChI=1S/C18H17N3O3/c1-13(22)12-20-17(19-11-18(20)21(23)24)9-7-14-6-8-15-4-2-3-5-16(15)10-14/h2-11,13,22H,12H2,1H3/b9-7+. The minimum atomic E-state index is -0.703. The van der Waals surface area contributed by atoms with Crippen LogP contribution in [-0.4, -0.2) is 25.7 Å². The van der Waals surface area contributed by atoms with Crippen LogP contribution in [0.3, 0.4) is 0 Å². The van der Waals surface area contributed by atoms with Gasteiger partial charge < -0.3 is 15.2 Å². The summed E-state index contributed by atoms with van der Waals surface area (Å²) in [6, 6.07) is 14.1. The van der Waals surface area contributed by atoms with Gasteiger partial charge in [-0.3, -0.25) is 0 Å². The van der Waals surface area contributed by atoms with Gasteiger partial charge in [0.2, 0.25) is 5.82 Å². The third-order valence-corrected chi connectivity index (χ3v) is 3.70. The first-order chi connectivity index (χ1) is 11.5. The SMILES string of the molecule is CC(O)Cn1c([N+](=O)[O-])cnc1/C=C/c1ccc2ccccc2c1. The Kier molecular flexibility index (Phi) is 4.39. The third kappa shape index (κ3) is 3.33. The molecule has 0 saturated carbocycles. The number of aromatic nitrogens is 2. The normalized spacial score (nSPS) is 12.8. The van der Waals surface area contributed by atoms with E-state index < -0.39 is 11.0 Å². The van der Waals surface area contributed by atoms with Gasteiger partial charge in [0.1, 0.15) is 12.7 Å². The molecule has 24 heavy (non-hydrogen) atoms. The lowest BCUT2D eigenvalue weighted by Crippen LogP contribution is -2.14. The number of fused-ring (bicyclic) bond motifs is 1. The molecule has 1 N–H and O–H groups in total. The van der Waals surface area contributed by atoms with E-state index in [2.05, 4.69) is 4.98 Å². The van der Waals surface area contributed by atoms with Crippen LogP contribution in [0.4, 0.5) is 5.82 Å². The molecule has 0 aliphatic rings. The van der Waals surface area contributed by atoms with Crippen LogP contribution in [0, 0.1) is 10.1 Å². The Bertz CT molecular complexity index is 913. The molecule has 122 valence electrons. The Morgan fingerprint density at radius 2 is 2.00 bits per heavy atom. The molecule has 3 aromatic rings. The van der Waals surface area contributed by atoms with E-state index in [4.69, 9.17) is 0 Å². The van der Waals surface area contributed by atoms with Gasteiger partial charge >= 0.3 is 5.82 Å². The number of hydrogen-bond acceptors (Lipinski definition) is 4. The highest BCUT2D eigenvalue weighted by Gasteiger charge is 2.19. The number of aliphatic hydroxyl groups is 1. The van der Waals surface area contributed by atoms with E-state index in [9.17, 15) is 15.2 Å². The van der Waals surface area contributed by atoms with Gasteiger partial charge in [-0.1, -0.05) is 36.4 Å². The molecule has 0 spiro atoms. The molecule has 6 heteroatoms. The van der Waals surface area contributed by atoms with Gasteiger partial charge in [-0.15, -0.1) is 0 Å². The number of hydrogen-bond donors (Lipinski definition) is 1. The van der Waals surface area contributed by atoms with Gasteiger partial charge in [0.25, 0.3) is 0 Å². The molecule has 0 amide bonds. The Morgan fingerprint density at radius 3 is 2.71 bits per heavy atom. The van der Waals surface area contributed by atoms with Crippen LogP contribution >= 0.6 is 0 Å². The Morgan fingerprint density at radius 1 is 1.25 bits per heavy atom. The monoisotopic (exact) mass is 323 g/mol. The molecule has 1 atom stereocenters. The highest BCUT2D eigenvalue weighted by atomic mass is 16.6. The predicted molar refractivity (Wildman–Crippen MR) is 93.4 cm³/mol. The van der Waals surface area contributed by atoms with Crippen molar-refractivity contribution in [3.05, 3.63) is 70.2 Å². The molecular formula is C18H17N3O3. The van der Waals surface area contributed by atoms with Crippen molar-refractivity contribution in [1.82, 2.24) is 9.55 Å². The Balaban J connectivity index is 1.94. The number of nitro groups is 1. The van der Waals surface area contributed by atoms with Crippen molar-refractivity contribution in [2.75, 3.05) is 0 Å². The average Bonchev–Trinajstić information content (AvgIpc) is 2.95. The molecule has 1 unspecified atom stereocenters. The van der Waals surface area contributed by atoms with Crippen LogP contribution in [0.5, 0.6) is 0 Å². The lowest BCUT2D eigenvalue weighted by molar-refractivity contribution is -0.392. The molecule has 0 fully saturated rings. The fourth-order valence-corrected chi connectivity index (χ4v) is 2.59. The zero-order valence-corrected chi connectivity index (χ0v) is 13.2. The lowest BCUT2D eigenvalue weighted by Gasteiger charge is -2.05. The lowest BCUT2D eigenvalue weighted by atomic mass is 10.1. The van der Waals surface area contributed by atoms with Crippen molar-refractivity contribution < 1.29 is 10.0 Å². The quantitative estimate of drug-likeness (QED) is 0.575. The summed E-state index contributed by atoms with van der Waals surface area (Å²) in [5.74, 6) is 0.310. The Labute approximate surface area is 138 Å². The molecule has 6 nitrogen and oxygen atoms in total. The van der Waals surface area contributed by atoms with E-state index in [1.165, 1.54) is 10.8 Å². The van der Waals surface area contributed by atoms with Crippen LogP contribution in [0.1, 0.15) is 18.3 Å². The zero-order valence-electron chi connectivity index (χ0n) is 13.2. The van der Waals surface area contributed by atoms with Crippen LogP contribution in [0.15, 0.2) is 48.7 Å². The second kappa shape index (κ2) is 6.64. The topological polar surface area (TPSA) is 81.2 Å². The minimum Gasteiger partial charge on any atom is -0.389 e. The summed E-state index contributed by atoms with van der Waals surface area (Å²) in [7, 11) is 0. The molecule has 1 aromatic heterocycles. The minimum absolute atomic E-state index is 0.119. The summed E-state index contributed by atoms with van der Waals surface area (Å²) in [4.78, 5) is 14.7. The predicted octanol–water partition coefficient (Wildman–Crippen LogP) is 3.50. The first kappa shape index (κ1) is 15.9. The second-order valence-electron chi connectivity index (χ2n) is 5.63. The smallest absolute Gasteiger partial charge is 0.343 e. The van der Waals surface area contributed by atoms with E-state index >= 15 is 0 Å². The van der Waals surface area contributed by atoms with E-state index in [-0.39, 0.29) is 12.4 Å². The maximum Gasteiger partial charge on any atom is 0.343 e. The average molecular weight is 323 g/mol. The van der Waals surface area contributed by atoms with Crippen molar-refractivity contribution in [3.8, 4) is 0 Å². The number of imidazole rings is 1. The Hall–Kier alpha value is -2.99. The molecular weight excluding hydrogens is 306 g/mol. The van der Waals surface area contributed by atoms with Gasteiger partial charge in [0, 0.05) is 6.08 Å². The van der Waals surface area contributed by atoms with Crippen molar-refractivity contribution in [2.45, 2.75) is 19.6 Å². The van der Waals surface area contributed by atoms with E-state index in [1.54, 1.807) is 13.0 Å². The van der Waals surface area contributed by atoms with Crippen molar-refractivity contribution >= 4 is 28.7 Å². The summed E-state index contributed by atoms with van der Waals surface area (Å²) in [5, 5.41) is 22.9. The molecule has 0 radical (unpaired) electrons. The fourth-order valence-electron chi connectivity index (χ4n) is 2.59. The van der Waals surface area contributed by atoms with Crippen molar-refractivity contribution in [2.24, 2.45) is 0 Å². The molecule has 0 aliphatic heterocycles. The molecule has 1 heterocycles. The van der Waals surface area contributed by atoms with Crippen LogP contribution < -0.4 is 0 Å². The summed E-state index contributed by atoms with van der Waals surface area (Å²) < 4.78 is 1.40. The number of nitrogens with zero attached hydrogens (tertiary/aromatic N) is 3. The van der Waals surface area contributed by atoms with Gasteiger partial charge in [0.15, 0.2) is 0 Å². The highest BCUT2D eigenvalue weighted by Crippen LogP contribution is 2.19. The maximum absolute atomic E-state index is 11.1. The van der Waals surface area contributed by atoms with Gasteiger partial charge in [-0.25, -0.2) is 9.55 Å². The molecule has 0 aliphatic carbocycles. The van der Waals surface area contributed by atoms with Crippen molar-refractivity contribution in [3.63, 3.8) is 0 Å². The van der Waals surface area contributed by atoms with E-state index in [0.717, 1.165) is 16.3 Å². The van der Waals surface area contributed by atoms with Gasteiger partial charge in [0.05, 0.1) is 6.10 Å². The zero-order chi connectivity index (χ0) is 17.1. The van der Waals surface area contributed by atoms with Crippen LogP contribution in [0.2, 0.25) is 0 Å². The van der Waals surface area contributed by atoms with E-state index in [1.807, 2.05) is 48.5 Å². The van der Waals surface area contributed by atoms with Crippen molar-refractivity contribution in [1.29, 1.82) is 0 Å². The maximum atomic E-state index is 11.1. The molecule has 2 aromatic carbocycles. The first-order valence-corrected chi connectivity index (χ1v) is 7.59. The van der Waals surface area contributed by atoms with Gasteiger partial charge in [-0.05, 0) is 40.3 Å². The largest absolute Gasteiger partial charge is 0.389 e. The number of benzene rings is 2. The molecule has 0 saturated heterocycles. The summed E-state index contributed by atoms with van der Waals surface area (Å²) in [6.45, 7) is 1.70. The molecule has 3 rings (SSSR count).